The molecule has 0 radical (unpaired) electrons. The van der Waals surface area contributed by atoms with Crippen LogP contribution in [0.15, 0.2) is 48.5 Å². The first-order valence-electron chi connectivity index (χ1n) is 5.20. The molecule has 16 heavy (non-hydrogen) atoms. The van der Waals surface area contributed by atoms with Crippen molar-refractivity contribution in [2.75, 3.05) is 19.0 Å². The summed E-state index contributed by atoms with van der Waals surface area (Å²) in [5.74, 6) is -0.204. The second-order valence-corrected chi connectivity index (χ2v) is 3.96. The summed E-state index contributed by atoms with van der Waals surface area (Å²) in [6, 6.07) is 14.9. The van der Waals surface area contributed by atoms with Gasteiger partial charge in [0.05, 0.1) is 0 Å². The van der Waals surface area contributed by atoms with Crippen LogP contribution in [-0.2, 0) is 0 Å². The first kappa shape index (κ1) is 10.7. The van der Waals surface area contributed by atoms with E-state index in [1.165, 1.54) is 6.07 Å². The molecule has 0 N–H and O–H groups in total. The van der Waals surface area contributed by atoms with Gasteiger partial charge in [-0.05, 0) is 29.3 Å². The van der Waals surface area contributed by atoms with Gasteiger partial charge in [0.15, 0.2) is 0 Å². The number of rotatable bonds is 2. The molecule has 0 fully saturated rings. The number of hydrogen-bond donors (Lipinski definition) is 0. The van der Waals surface area contributed by atoms with Gasteiger partial charge in [0.1, 0.15) is 5.82 Å². The van der Waals surface area contributed by atoms with E-state index in [4.69, 9.17) is 0 Å². The van der Waals surface area contributed by atoms with Gasteiger partial charge in [-0.3, -0.25) is 0 Å². The Balaban J connectivity index is 2.50. The third-order valence-electron chi connectivity index (χ3n) is 2.51. The van der Waals surface area contributed by atoms with Crippen LogP contribution in [0.5, 0.6) is 0 Å². The highest BCUT2D eigenvalue weighted by atomic mass is 19.1. The SMILES string of the molecule is CN(C)c1cc(F)cc(-c2ccccc2)c1. The molecule has 0 bridgehead atoms. The lowest BCUT2D eigenvalue weighted by molar-refractivity contribution is 0.628. The van der Waals surface area contributed by atoms with Gasteiger partial charge in [-0.1, -0.05) is 30.3 Å². The molecule has 0 saturated carbocycles. The van der Waals surface area contributed by atoms with E-state index in [0.29, 0.717) is 0 Å². The van der Waals surface area contributed by atoms with E-state index in [-0.39, 0.29) is 5.82 Å². The summed E-state index contributed by atoms with van der Waals surface area (Å²) < 4.78 is 13.4. The summed E-state index contributed by atoms with van der Waals surface area (Å²) in [6.45, 7) is 0. The molecule has 82 valence electrons. The number of nitrogens with zero attached hydrogens (tertiary/aromatic N) is 1. The van der Waals surface area contributed by atoms with Gasteiger partial charge in [0, 0.05) is 19.8 Å². The molecule has 0 atom stereocenters. The Labute approximate surface area is 95.1 Å². The summed E-state index contributed by atoms with van der Waals surface area (Å²) in [7, 11) is 3.81. The molecule has 0 aliphatic carbocycles. The second kappa shape index (κ2) is 4.35. The van der Waals surface area contributed by atoms with Crippen LogP contribution in [0.25, 0.3) is 11.1 Å². The van der Waals surface area contributed by atoms with Gasteiger partial charge in [0.2, 0.25) is 0 Å². The minimum atomic E-state index is -0.204. The molecule has 2 aromatic rings. The number of benzene rings is 2. The van der Waals surface area contributed by atoms with E-state index < -0.39 is 0 Å². The Hall–Kier alpha value is -1.83. The number of anilines is 1. The fourth-order valence-corrected chi connectivity index (χ4v) is 1.63. The quantitative estimate of drug-likeness (QED) is 0.740. The number of hydrogen-bond acceptors (Lipinski definition) is 1. The van der Waals surface area contributed by atoms with Gasteiger partial charge >= 0.3 is 0 Å². The van der Waals surface area contributed by atoms with Crippen LogP contribution < -0.4 is 4.90 Å². The molecule has 0 aliphatic rings. The Kier molecular flexibility index (Phi) is 2.91. The van der Waals surface area contributed by atoms with Gasteiger partial charge in [-0.25, -0.2) is 4.39 Å². The first-order valence-corrected chi connectivity index (χ1v) is 5.20. The van der Waals surface area contributed by atoms with Gasteiger partial charge in [0.25, 0.3) is 0 Å². The maximum atomic E-state index is 13.4. The average molecular weight is 215 g/mol. The van der Waals surface area contributed by atoms with E-state index in [2.05, 4.69) is 0 Å². The van der Waals surface area contributed by atoms with Crippen molar-refractivity contribution in [1.82, 2.24) is 0 Å². The number of halogens is 1. The van der Waals surface area contributed by atoms with E-state index in [1.807, 2.05) is 55.4 Å². The Morgan fingerprint density at radius 1 is 0.875 bits per heavy atom. The van der Waals surface area contributed by atoms with Crippen molar-refractivity contribution in [2.24, 2.45) is 0 Å². The summed E-state index contributed by atoms with van der Waals surface area (Å²) in [5.41, 5.74) is 2.81. The van der Waals surface area contributed by atoms with E-state index >= 15 is 0 Å². The molecule has 2 rings (SSSR count). The molecule has 0 aliphatic heterocycles. The largest absolute Gasteiger partial charge is 0.378 e. The van der Waals surface area contributed by atoms with Crippen LogP contribution >= 0.6 is 0 Å². The van der Waals surface area contributed by atoms with Crippen molar-refractivity contribution in [2.45, 2.75) is 0 Å². The normalized spacial score (nSPS) is 10.2. The third-order valence-corrected chi connectivity index (χ3v) is 2.51. The minimum Gasteiger partial charge on any atom is -0.378 e. The molecule has 0 spiro atoms. The second-order valence-electron chi connectivity index (χ2n) is 3.96. The first-order chi connectivity index (χ1) is 7.66. The molecule has 2 heteroatoms. The van der Waals surface area contributed by atoms with E-state index in [9.17, 15) is 4.39 Å². The lowest BCUT2D eigenvalue weighted by atomic mass is 10.0. The molecule has 2 aromatic carbocycles. The molecular weight excluding hydrogens is 201 g/mol. The van der Waals surface area contributed by atoms with Crippen molar-refractivity contribution in [3.63, 3.8) is 0 Å². The van der Waals surface area contributed by atoms with E-state index in [0.717, 1.165) is 16.8 Å². The summed E-state index contributed by atoms with van der Waals surface area (Å²) >= 11 is 0. The van der Waals surface area contributed by atoms with Crippen LogP contribution in [0.1, 0.15) is 0 Å². The van der Waals surface area contributed by atoms with Crippen molar-refractivity contribution in [3.8, 4) is 11.1 Å². The molecule has 0 aromatic heterocycles. The Morgan fingerprint density at radius 2 is 1.56 bits per heavy atom. The topological polar surface area (TPSA) is 3.24 Å². The van der Waals surface area contributed by atoms with Crippen molar-refractivity contribution in [3.05, 3.63) is 54.3 Å². The fraction of sp³-hybridized carbons (Fsp3) is 0.143. The standard InChI is InChI=1S/C14H14FN/c1-16(2)14-9-12(8-13(15)10-14)11-6-4-3-5-7-11/h3-10H,1-2H3. The zero-order valence-electron chi connectivity index (χ0n) is 9.44. The predicted octanol–water partition coefficient (Wildman–Crippen LogP) is 3.56. The van der Waals surface area contributed by atoms with Crippen LogP contribution in [0.2, 0.25) is 0 Å². The predicted molar refractivity (Wildman–Crippen MR) is 66.2 cm³/mol. The highest BCUT2D eigenvalue weighted by molar-refractivity contribution is 5.68. The molecule has 0 heterocycles. The lowest BCUT2D eigenvalue weighted by Crippen LogP contribution is -2.08. The van der Waals surface area contributed by atoms with Crippen molar-refractivity contribution in [1.29, 1.82) is 0 Å². The molecule has 1 nitrogen and oxygen atoms in total. The maximum Gasteiger partial charge on any atom is 0.125 e. The average Bonchev–Trinajstić information content (AvgIpc) is 2.29. The van der Waals surface area contributed by atoms with E-state index in [1.54, 1.807) is 6.07 Å². The van der Waals surface area contributed by atoms with Crippen LogP contribution in [-0.4, -0.2) is 14.1 Å². The molecule has 0 unspecified atom stereocenters. The zero-order valence-corrected chi connectivity index (χ0v) is 9.44. The highest BCUT2D eigenvalue weighted by Gasteiger charge is 2.03. The fourth-order valence-electron chi connectivity index (χ4n) is 1.63. The third kappa shape index (κ3) is 2.22. The lowest BCUT2D eigenvalue weighted by Gasteiger charge is -2.14. The maximum absolute atomic E-state index is 13.4. The summed E-state index contributed by atoms with van der Waals surface area (Å²) in [5, 5.41) is 0. The monoisotopic (exact) mass is 215 g/mol. The zero-order chi connectivity index (χ0) is 11.5. The Morgan fingerprint density at radius 3 is 2.19 bits per heavy atom. The van der Waals surface area contributed by atoms with Crippen molar-refractivity contribution < 1.29 is 4.39 Å². The highest BCUT2D eigenvalue weighted by Crippen LogP contribution is 2.25. The van der Waals surface area contributed by atoms with Crippen LogP contribution in [0, 0.1) is 5.82 Å². The molecular formula is C14H14FN. The molecule has 0 saturated heterocycles. The smallest absolute Gasteiger partial charge is 0.125 e. The van der Waals surface area contributed by atoms with Gasteiger partial charge in [-0.2, -0.15) is 0 Å². The molecule has 0 amide bonds. The summed E-state index contributed by atoms with van der Waals surface area (Å²) in [6.07, 6.45) is 0. The minimum absolute atomic E-state index is 0.204. The van der Waals surface area contributed by atoms with Crippen molar-refractivity contribution >= 4 is 5.69 Å². The van der Waals surface area contributed by atoms with Crippen LogP contribution in [0.3, 0.4) is 0 Å². The Bertz CT molecular complexity index is 477. The van der Waals surface area contributed by atoms with Gasteiger partial charge in [-0.15, -0.1) is 0 Å². The summed E-state index contributed by atoms with van der Waals surface area (Å²) in [4.78, 5) is 1.90. The van der Waals surface area contributed by atoms with Gasteiger partial charge < -0.3 is 4.90 Å². The van der Waals surface area contributed by atoms with Crippen LogP contribution in [0.4, 0.5) is 10.1 Å².